The average molecular weight is 456 g/mol. The molecule has 0 spiro atoms. The number of H-pyrrole nitrogens is 1. The number of hydrogen-bond donors (Lipinski definition) is 1. The molecule has 0 aliphatic heterocycles. The molecule has 0 unspecified atom stereocenters. The lowest BCUT2D eigenvalue weighted by molar-refractivity contribution is -0.351. The summed E-state index contributed by atoms with van der Waals surface area (Å²) in [5.41, 5.74) is 12.9. The molecular weight excluding hydrogens is 428 g/mol. The van der Waals surface area contributed by atoms with Crippen molar-refractivity contribution >= 4 is 11.6 Å². The number of aryl methyl sites for hydroxylation is 5. The lowest BCUT2D eigenvalue weighted by atomic mass is 9.99. The Balaban J connectivity index is 1.73. The van der Waals surface area contributed by atoms with Gasteiger partial charge in [0.05, 0.1) is 12.1 Å². The van der Waals surface area contributed by atoms with E-state index >= 15 is 0 Å². The van der Waals surface area contributed by atoms with Crippen molar-refractivity contribution in [1.82, 2.24) is 28.9 Å². The maximum atomic E-state index is 13.4. The molecular formula is C25H27N8O+. The highest BCUT2D eigenvalue weighted by atomic mass is 16.2. The number of aromatic amines is 1. The minimum absolute atomic E-state index is 0.231. The number of nitrogens with one attached hydrogen (secondary N) is 1. The summed E-state index contributed by atoms with van der Waals surface area (Å²) in [4.78, 5) is 21.1. The molecule has 4 aromatic heterocycles. The molecule has 0 aliphatic carbocycles. The molecule has 9 nitrogen and oxygen atoms in total. The number of rotatable bonds is 6. The van der Waals surface area contributed by atoms with Crippen molar-refractivity contribution in [2.24, 2.45) is 0 Å². The van der Waals surface area contributed by atoms with Crippen molar-refractivity contribution in [1.29, 1.82) is 0 Å². The minimum Gasteiger partial charge on any atom is -0.290 e. The number of pyridine rings is 1. The van der Waals surface area contributed by atoms with Crippen LogP contribution in [0.5, 0.6) is 0 Å². The molecule has 0 aliphatic rings. The second kappa shape index (κ2) is 8.58. The topological polar surface area (TPSA) is 110 Å². The van der Waals surface area contributed by atoms with Gasteiger partial charge in [0.1, 0.15) is 5.69 Å². The van der Waals surface area contributed by atoms with E-state index in [1.54, 1.807) is 6.20 Å². The normalized spacial score (nSPS) is 11.4. The zero-order valence-electron chi connectivity index (χ0n) is 19.5. The van der Waals surface area contributed by atoms with Gasteiger partial charge in [-0.05, 0) is 44.5 Å². The van der Waals surface area contributed by atoms with Gasteiger partial charge >= 0.3 is 11.6 Å². The Bertz CT molecular complexity index is 1520. The van der Waals surface area contributed by atoms with E-state index in [4.69, 9.17) is 10.8 Å². The van der Waals surface area contributed by atoms with E-state index in [1.165, 1.54) is 9.08 Å². The second-order valence-corrected chi connectivity index (χ2v) is 8.32. The van der Waals surface area contributed by atoms with Crippen LogP contribution in [0.3, 0.4) is 0 Å². The first-order valence-corrected chi connectivity index (χ1v) is 11.3. The number of anilines is 1. The molecule has 0 saturated heterocycles. The van der Waals surface area contributed by atoms with E-state index in [1.807, 2.05) is 74.0 Å². The molecule has 0 amide bonds. The van der Waals surface area contributed by atoms with Gasteiger partial charge in [-0.2, -0.15) is 9.78 Å². The highest BCUT2D eigenvalue weighted by Crippen LogP contribution is 2.32. The molecule has 0 fully saturated rings. The minimum atomic E-state index is -0.283. The molecule has 3 N–H and O–H groups in total. The molecule has 0 saturated carbocycles. The van der Waals surface area contributed by atoms with Crippen LogP contribution in [0.25, 0.3) is 28.0 Å². The Labute approximate surface area is 196 Å². The molecule has 1 aromatic carbocycles. The SMILES string of the molecule is CCn1nccc1CCn1nc2c(-c3cc(C)nc(C)c3)c(-c3ccccc3)[nH+]c(N)n2c1=O. The summed E-state index contributed by atoms with van der Waals surface area (Å²) < 4.78 is 4.85. The highest BCUT2D eigenvalue weighted by molar-refractivity contribution is 5.88. The van der Waals surface area contributed by atoms with Crippen LogP contribution in [0.2, 0.25) is 0 Å². The third-order valence-corrected chi connectivity index (χ3v) is 5.92. The van der Waals surface area contributed by atoms with Crippen LogP contribution < -0.4 is 16.4 Å². The van der Waals surface area contributed by atoms with Crippen molar-refractivity contribution in [3.8, 4) is 22.4 Å². The Morgan fingerprint density at radius 1 is 1.00 bits per heavy atom. The van der Waals surface area contributed by atoms with Crippen LogP contribution in [-0.4, -0.2) is 28.9 Å². The molecule has 0 atom stereocenters. The van der Waals surface area contributed by atoms with Crippen molar-refractivity contribution in [3.05, 3.63) is 82.3 Å². The number of nitrogen functional groups attached to an aromatic ring is 1. The van der Waals surface area contributed by atoms with Crippen LogP contribution >= 0.6 is 0 Å². The van der Waals surface area contributed by atoms with E-state index in [0.717, 1.165) is 46.0 Å². The molecule has 0 bridgehead atoms. The fourth-order valence-electron chi connectivity index (χ4n) is 4.44. The summed E-state index contributed by atoms with van der Waals surface area (Å²) in [5.74, 6) is 0.231. The number of nitrogens with zero attached hydrogens (tertiary/aromatic N) is 6. The predicted molar refractivity (Wildman–Crippen MR) is 130 cm³/mol. The number of fused-ring (bicyclic) bond motifs is 1. The van der Waals surface area contributed by atoms with Crippen molar-refractivity contribution in [2.75, 3.05) is 5.73 Å². The van der Waals surface area contributed by atoms with Gasteiger partial charge in [-0.25, -0.2) is 9.78 Å². The number of nitrogens with two attached hydrogens (primary N) is 1. The van der Waals surface area contributed by atoms with Crippen molar-refractivity contribution in [3.63, 3.8) is 0 Å². The van der Waals surface area contributed by atoms with Gasteiger partial charge in [0.15, 0.2) is 0 Å². The van der Waals surface area contributed by atoms with E-state index in [0.29, 0.717) is 18.6 Å². The van der Waals surface area contributed by atoms with Gasteiger partial charge in [-0.3, -0.25) is 15.4 Å². The predicted octanol–water partition coefficient (Wildman–Crippen LogP) is 2.70. The van der Waals surface area contributed by atoms with Crippen LogP contribution in [0.4, 0.5) is 5.95 Å². The Morgan fingerprint density at radius 2 is 1.74 bits per heavy atom. The summed E-state index contributed by atoms with van der Waals surface area (Å²) in [7, 11) is 0. The van der Waals surface area contributed by atoms with Crippen LogP contribution in [0.15, 0.2) is 59.5 Å². The first-order chi connectivity index (χ1) is 16.5. The Hall–Kier alpha value is -4.27. The third kappa shape index (κ3) is 3.75. The summed E-state index contributed by atoms with van der Waals surface area (Å²) in [6.07, 6.45) is 2.41. The smallest absolute Gasteiger partial charge is 0.290 e. The highest BCUT2D eigenvalue weighted by Gasteiger charge is 2.26. The fourth-order valence-corrected chi connectivity index (χ4v) is 4.44. The van der Waals surface area contributed by atoms with E-state index in [-0.39, 0.29) is 11.6 Å². The first kappa shape index (κ1) is 21.6. The van der Waals surface area contributed by atoms with Gasteiger partial charge in [-0.15, -0.1) is 9.50 Å². The lowest BCUT2D eigenvalue weighted by Crippen LogP contribution is -2.28. The van der Waals surface area contributed by atoms with Crippen LogP contribution in [0, 0.1) is 13.8 Å². The summed E-state index contributed by atoms with van der Waals surface area (Å²) in [6.45, 7) is 7.15. The van der Waals surface area contributed by atoms with E-state index in [2.05, 4.69) is 15.1 Å². The molecule has 4 heterocycles. The van der Waals surface area contributed by atoms with Gasteiger partial charge in [-0.1, -0.05) is 30.3 Å². The molecule has 0 radical (unpaired) electrons. The summed E-state index contributed by atoms with van der Waals surface area (Å²) in [5, 5.41) is 9.08. The Morgan fingerprint density at radius 3 is 2.44 bits per heavy atom. The maximum absolute atomic E-state index is 13.4. The van der Waals surface area contributed by atoms with Gasteiger partial charge in [0.25, 0.3) is 0 Å². The molecule has 5 aromatic rings. The monoisotopic (exact) mass is 455 g/mol. The second-order valence-electron chi connectivity index (χ2n) is 8.32. The quantitative estimate of drug-likeness (QED) is 0.423. The molecule has 9 heteroatoms. The van der Waals surface area contributed by atoms with Gasteiger partial charge in [0, 0.05) is 41.8 Å². The lowest BCUT2D eigenvalue weighted by Gasteiger charge is -2.10. The summed E-state index contributed by atoms with van der Waals surface area (Å²) >= 11 is 0. The fraction of sp³-hybridized carbons (Fsp3) is 0.240. The number of benzene rings is 1. The molecule has 34 heavy (non-hydrogen) atoms. The van der Waals surface area contributed by atoms with Crippen LogP contribution in [0.1, 0.15) is 24.0 Å². The Kier molecular flexibility index (Phi) is 5.45. The number of hydrogen-bond acceptors (Lipinski definition) is 5. The maximum Gasteiger partial charge on any atom is 0.411 e. The largest absolute Gasteiger partial charge is 0.411 e. The van der Waals surface area contributed by atoms with E-state index < -0.39 is 0 Å². The van der Waals surface area contributed by atoms with Crippen molar-refractivity contribution < 1.29 is 4.98 Å². The van der Waals surface area contributed by atoms with Crippen molar-refractivity contribution in [2.45, 2.75) is 40.3 Å². The third-order valence-electron chi connectivity index (χ3n) is 5.92. The standard InChI is InChI=1S/C25H26N8O/c1-4-31-20(10-12-27-31)11-13-32-25(34)33-23(30-32)21(19-14-16(2)28-17(3)15-19)22(29-24(33)26)18-8-6-5-7-9-18/h5-10,12,14-15H,4,11,13H2,1-3H3,(H2,26,29)/p+1. The van der Waals surface area contributed by atoms with E-state index in [9.17, 15) is 4.79 Å². The molecule has 172 valence electrons. The zero-order valence-corrected chi connectivity index (χ0v) is 19.5. The molecule has 5 rings (SSSR count). The summed E-state index contributed by atoms with van der Waals surface area (Å²) in [6, 6.07) is 15.9. The average Bonchev–Trinajstić information content (AvgIpc) is 3.41. The first-order valence-electron chi connectivity index (χ1n) is 11.3. The van der Waals surface area contributed by atoms with Gasteiger partial charge < -0.3 is 0 Å². The van der Waals surface area contributed by atoms with Crippen LogP contribution in [-0.2, 0) is 19.5 Å². The van der Waals surface area contributed by atoms with Gasteiger partial charge in [0.2, 0.25) is 5.65 Å². The zero-order chi connectivity index (χ0) is 23.8. The number of aromatic nitrogens is 7.